The van der Waals surface area contributed by atoms with Gasteiger partial charge in [-0.15, -0.1) is 0 Å². The number of nitrogens with zero attached hydrogens (tertiary/aromatic N) is 1. The van der Waals surface area contributed by atoms with Crippen LogP contribution in [0, 0.1) is 5.82 Å². The Bertz CT molecular complexity index is 284. The van der Waals surface area contributed by atoms with Crippen molar-refractivity contribution in [2.24, 2.45) is 5.73 Å². The molecule has 1 atom stereocenters. The van der Waals surface area contributed by atoms with Crippen LogP contribution in [0.3, 0.4) is 0 Å². The molecule has 0 aliphatic rings. The van der Waals surface area contributed by atoms with Gasteiger partial charge in [-0.3, -0.25) is 4.90 Å². The third kappa shape index (κ3) is 3.29. The van der Waals surface area contributed by atoms with Gasteiger partial charge in [-0.05, 0) is 31.2 Å². The van der Waals surface area contributed by atoms with E-state index in [1.165, 1.54) is 12.1 Å². The highest BCUT2D eigenvalue weighted by Crippen LogP contribution is 2.19. The zero-order valence-corrected chi connectivity index (χ0v) is 9.41. The fourth-order valence-electron chi connectivity index (χ4n) is 1.74. The van der Waals surface area contributed by atoms with Crippen LogP contribution in [0.4, 0.5) is 4.39 Å². The maximum Gasteiger partial charge on any atom is 0.123 e. The summed E-state index contributed by atoms with van der Waals surface area (Å²) in [6.07, 6.45) is 0. The minimum atomic E-state index is -0.187. The molecule has 0 heterocycles. The molecule has 0 fully saturated rings. The maximum atomic E-state index is 12.7. The summed E-state index contributed by atoms with van der Waals surface area (Å²) in [5, 5.41) is 0. The highest BCUT2D eigenvalue weighted by atomic mass is 19.1. The molecule has 2 nitrogen and oxygen atoms in total. The summed E-state index contributed by atoms with van der Waals surface area (Å²) in [5.41, 5.74) is 6.67. The summed E-state index contributed by atoms with van der Waals surface area (Å²) in [7, 11) is 0. The molecule has 0 radical (unpaired) electrons. The van der Waals surface area contributed by atoms with Gasteiger partial charge in [0.25, 0.3) is 0 Å². The zero-order chi connectivity index (χ0) is 11.3. The van der Waals surface area contributed by atoms with Gasteiger partial charge in [0.05, 0.1) is 0 Å². The molecule has 0 aliphatic carbocycles. The third-order valence-corrected chi connectivity index (χ3v) is 2.72. The van der Waals surface area contributed by atoms with Crippen LogP contribution in [0.25, 0.3) is 0 Å². The van der Waals surface area contributed by atoms with Crippen LogP contribution in [-0.2, 0) is 0 Å². The van der Waals surface area contributed by atoms with Gasteiger partial charge in [-0.2, -0.15) is 0 Å². The van der Waals surface area contributed by atoms with Gasteiger partial charge >= 0.3 is 0 Å². The van der Waals surface area contributed by atoms with E-state index >= 15 is 0 Å². The molecule has 1 rings (SSSR count). The Balaban J connectivity index is 2.73. The quantitative estimate of drug-likeness (QED) is 0.807. The van der Waals surface area contributed by atoms with Gasteiger partial charge in [0.15, 0.2) is 0 Å². The van der Waals surface area contributed by atoms with Crippen molar-refractivity contribution < 1.29 is 4.39 Å². The summed E-state index contributed by atoms with van der Waals surface area (Å²) in [6, 6.07) is 6.96. The molecule has 3 heteroatoms. The highest BCUT2D eigenvalue weighted by molar-refractivity contribution is 5.19. The van der Waals surface area contributed by atoms with Crippen LogP contribution in [-0.4, -0.2) is 24.5 Å². The predicted molar refractivity (Wildman–Crippen MR) is 61.1 cm³/mol. The molecular formula is C12H19FN2. The number of benzene rings is 1. The molecule has 0 bridgehead atoms. The number of likely N-dealkylation sites (N-methyl/N-ethyl adjacent to an activating group) is 1. The lowest BCUT2D eigenvalue weighted by Crippen LogP contribution is -2.31. The first-order valence-corrected chi connectivity index (χ1v) is 5.38. The highest BCUT2D eigenvalue weighted by Gasteiger charge is 2.12. The normalized spacial score (nSPS) is 13.1. The summed E-state index contributed by atoms with van der Waals surface area (Å²) >= 11 is 0. The molecule has 0 saturated heterocycles. The molecule has 0 saturated carbocycles. The van der Waals surface area contributed by atoms with E-state index in [-0.39, 0.29) is 5.82 Å². The average molecular weight is 210 g/mol. The lowest BCUT2D eigenvalue weighted by atomic mass is 10.1. The molecule has 1 aromatic carbocycles. The first-order chi connectivity index (χ1) is 7.19. The third-order valence-electron chi connectivity index (χ3n) is 2.72. The molecule has 0 amide bonds. The average Bonchev–Trinajstić information content (AvgIpc) is 2.26. The topological polar surface area (TPSA) is 29.3 Å². The second kappa shape index (κ2) is 5.83. The van der Waals surface area contributed by atoms with Gasteiger partial charge in [0.2, 0.25) is 0 Å². The van der Waals surface area contributed by atoms with E-state index < -0.39 is 0 Å². The minimum absolute atomic E-state index is 0.187. The fraction of sp³-hybridized carbons (Fsp3) is 0.500. The molecule has 0 aromatic heterocycles. The summed E-state index contributed by atoms with van der Waals surface area (Å²) < 4.78 is 12.7. The van der Waals surface area contributed by atoms with Crippen molar-refractivity contribution in [3.63, 3.8) is 0 Å². The standard InChI is InChI=1S/C12H19FN2/c1-3-15(9-8-14)10(2)11-4-6-12(13)7-5-11/h4-7,10H,3,8-9,14H2,1-2H3/t10-/m0/s1. The fourth-order valence-corrected chi connectivity index (χ4v) is 1.74. The second-order valence-electron chi connectivity index (χ2n) is 3.64. The first kappa shape index (κ1) is 12.1. The molecule has 0 spiro atoms. The lowest BCUT2D eigenvalue weighted by molar-refractivity contribution is 0.228. The van der Waals surface area contributed by atoms with Crippen LogP contribution in [0.2, 0.25) is 0 Å². The minimum Gasteiger partial charge on any atom is -0.329 e. The largest absolute Gasteiger partial charge is 0.329 e. The molecule has 84 valence electrons. The van der Waals surface area contributed by atoms with Crippen molar-refractivity contribution in [3.05, 3.63) is 35.6 Å². The van der Waals surface area contributed by atoms with Crippen LogP contribution in [0.15, 0.2) is 24.3 Å². The number of hydrogen-bond acceptors (Lipinski definition) is 2. The van der Waals surface area contributed by atoms with Crippen molar-refractivity contribution in [3.8, 4) is 0 Å². The molecule has 0 aliphatic heterocycles. The van der Waals surface area contributed by atoms with E-state index in [9.17, 15) is 4.39 Å². The number of halogens is 1. The molecule has 15 heavy (non-hydrogen) atoms. The van der Waals surface area contributed by atoms with E-state index in [4.69, 9.17) is 5.73 Å². The predicted octanol–water partition coefficient (Wildman–Crippen LogP) is 2.17. The van der Waals surface area contributed by atoms with Crippen LogP contribution in [0.1, 0.15) is 25.5 Å². The van der Waals surface area contributed by atoms with E-state index in [1.807, 2.05) is 12.1 Å². The van der Waals surface area contributed by atoms with E-state index in [2.05, 4.69) is 18.7 Å². The Morgan fingerprint density at radius 2 is 1.93 bits per heavy atom. The molecule has 1 aromatic rings. The van der Waals surface area contributed by atoms with Gasteiger partial charge < -0.3 is 5.73 Å². The van der Waals surface area contributed by atoms with E-state index in [0.29, 0.717) is 12.6 Å². The second-order valence-corrected chi connectivity index (χ2v) is 3.64. The molecule has 2 N–H and O–H groups in total. The Morgan fingerprint density at radius 3 is 2.40 bits per heavy atom. The Hall–Kier alpha value is -0.930. The van der Waals surface area contributed by atoms with Crippen LogP contribution in [0.5, 0.6) is 0 Å². The van der Waals surface area contributed by atoms with Crippen molar-refractivity contribution in [1.29, 1.82) is 0 Å². The SMILES string of the molecule is CCN(CCN)[C@@H](C)c1ccc(F)cc1. The van der Waals surface area contributed by atoms with E-state index in [0.717, 1.165) is 18.7 Å². The van der Waals surface area contributed by atoms with E-state index in [1.54, 1.807) is 0 Å². The van der Waals surface area contributed by atoms with Gasteiger partial charge in [-0.1, -0.05) is 19.1 Å². The lowest BCUT2D eigenvalue weighted by Gasteiger charge is -2.27. The molecule has 0 unspecified atom stereocenters. The number of nitrogens with two attached hydrogens (primary N) is 1. The van der Waals surface area contributed by atoms with Crippen LogP contribution < -0.4 is 5.73 Å². The summed E-state index contributed by atoms with van der Waals surface area (Å²) in [5.74, 6) is -0.187. The summed E-state index contributed by atoms with van der Waals surface area (Å²) in [6.45, 7) is 6.70. The maximum absolute atomic E-state index is 12.7. The van der Waals surface area contributed by atoms with Gasteiger partial charge in [-0.25, -0.2) is 4.39 Å². The van der Waals surface area contributed by atoms with Crippen molar-refractivity contribution >= 4 is 0 Å². The van der Waals surface area contributed by atoms with Gasteiger partial charge in [0, 0.05) is 19.1 Å². The monoisotopic (exact) mass is 210 g/mol. The summed E-state index contributed by atoms with van der Waals surface area (Å²) in [4.78, 5) is 2.27. The first-order valence-electron chi connectivity index (χ1n) is 5.38. The Morgan fingerprint density at radius 1 is 1.33 bits per heavy atom. The van der Waals surface area contributed by atoms with Crippen molar-refractivity contribution in [2.75, 3.05) is 19.6 Å². The van der Waals surface area contributed by atoms with Gasteiger partial charge in [0.1, 0.15) is 5.82 Å². The Labute approximate surface area is 90.9 Å². The smallest absolute Gasteiger partial charge is 0.123 e. The van der Waals surface area contributed by atoms with Crippen molar-refractivity contribution in [2.45, 2.75) is 19.9 Å². The van der Waals surface area contributed by atoms with Crippen molar-refractivity contribution in [1.82, 2.24) is 4.90 Å². The number of rotatable bonds is 5. The zero-order valence-electron chi connectivity index (χ0n) is 9.41. The number of hydrogen-bond donors (Lipinski definition) is 1. The Kier molecular flexibility index (Phi) is 4.72. The molecular weight excluding hydrogens is 191 g/mol. The van der Waals surface area contributed by atoms with Crippen LogP contribution >= 0.6 is 0 Å².